The molecule has 0 aliphatic carbocycles. The molecular weight excluding hydrogens is 308 g/mol. The molecule has 1 aromatic carbocycles. The van der Waals surface area contributed by atoms with Crippen molar-refractivity contribution in [3.8, 4) is 6.01 Å². The normalized spacial score (nSPS) is 11.9. The number of benzene rings is 1. The van der Waals surface area contributed by atoms with Gasteiger partial charge in [0.25, 0.3) is 5.91 Å². The molecule has 0 fully saturated rings. The second-order valence-electron chi connectivity index (χ2n) is 5.21. The van der Waals surface area contributed by atoms with E-state index in [1.807, 2.05) is 42.6 Å². The van der Waals surface area contributed by atoms with Crippen molar-refractivity contribution in [2.75, 3.05) is 7.11 Å². The van der Waals surface area contributed by atoms with Crippen molar-refractivity contribution < 1.29 is 9.53 Å². The number of hydrogen-bond donors (Lipinski definition) is 1. The highest BCUT2D eigenvalue weighted by molar-refractivity contribution is 5.90. The van der Waals surface area contributed by atoms with E-state index >= 15 is 0 Å². The molecule has 8 nitrogen and oxygen atoms in total. The Labute approximate surface area is 139 Å². The molecule has 2 aromatic heterocycles. The third-order valence-electron chi connectivity index (χ3n) is 3.54. The Morgan fingerprint density at radius 2 is 2.08 bits per heavy atom. The van der Waals surface area contributed by atoms with Gasteiger partial charge in [0.05, 0.1) is 19.7 Å². The molecular formula is C16H18N6O2. The summed E-state index contributed by atoms with van der Waals surface area (Å²) in [7, 11) is 3.15. The number of amides is 1. The maximum Gasteiger partial charge on any atom is 0.314 e. The molecule has 124 valence electrons. The number of aryl methyl sites for hydroxylation is 1. The summed E-state index contributed by atoms with van der Waals surface area (Å²) >= 11 is 0. The van der Waals surface area contributed by atoms with Crippen LogP contribution >= 0.6 is 0 Å². The molecule has 3 rings (SSSR count). The fourth-order valence-corrected chi connectivity index (χ4v) is 2.38. The Balaban J connectivity index is 1.81. The maximum absolute atomic E-state index is 12.5. The summed E-state index contributed by atoms with van der Waals surface area (Å²) < 4.78 is 8.23. The molecule has 0 spiro atoms. The second kappa shape index (κ2) is 6.95. The lowest BCUT2D eigenvalue weighted by Crippen LogP contribution is -2.32. The summed E-state index contributed by atoms with van der Waals surface area (Å²) in [6, 6.07) is 11.6. The van der Waals surface area contributed by atoms with E-state index in [-0.39, 0.29) is 23.8 Å². The standard InChI is InChI=1S/C16H18N6O2/c1-21-16(24-2)19-14(20-21)15(23)18-13(11-22-10-6-9-17-22)12-7-4-3-5-8-12/h3-10,13H,11H2,1-2H3,(H,18,23). The molecule has 24 heavy (non-hydrogen) atoms. The molecule has 0 radical (unpaired) electrons. The fourth-order valence-electron chi connectivity index (χ4n) is 2.38. The zero-order valence-corrected chi connectivity index (χ0v) is 13.5. The van der Waals surface area contributed by atoms with E-state index in [2.05, 4.69) is 20.5 Å². The Morgan fingerprint density at radius 1 is 1.29 bits per heavy atom. The highest BCUT2D eigenvalue weighted by atomic mass is 16.5. The van der Waals surface area contributed by atoms with Crippen LogP contribution in [0.25, 0.3) is 0 Å². The van der Waals surface area contributed by atoms with Gasteiger partial charge in [-0.15, -0.1) is 5.10 Å². The number of rotatable bonds is 6. The molecule has 1 unspecified atom stereocenters. The van der Waals surface area contributed by atoms with Gasteiger partial charge >= 0.3 is 6.01 Å². The summed E-state index contributed by atoms with van der Waals surface area (Å²) in [5.41, 5.74) is 0.976. The van der Waals surface area contributed by atoms with E-state index in [1.165, 1.54) is 11.8 Å². The van der Waals surface area contributed by atoms with E-state index < -0.39 is 0 Å². The first-order valence-electron chi connectivity index (χ1n) is 7.45. The third-order valence-corrected chi connectivity index (χ3v) is 3.54. The molecule has 0 aliphatic rings. The van der Waals surface area contributed by atoms with Crippen molar-refractivity contribution in [3.63, 3.8) is 0 Å². The quantitative estimate of drug-likeness (QED) is 0.735. The molecule has 2 heterocycles. The number of ether oxygens (including phenoxy) is 1. The number of nitrogens with zero attached hydrogens (tertiary/aromatic N) is 5. The van der Waals surface area contributed by atoms with Crippen LogP contribution in [0.4, 0.5) is 0 Å². The number of aromatic nitrogens is 5. The van der Waals surface area contributed by atoms with Gasteiger partial charge in [0.1, 0.15) is 0 Å². The maximum atomic E-state index is 12.5. The summed E-state index contributed by atoms with van der Waals surface area (Å²) in [6.45, 7) is 0.507. The Morgan fingerprint density at radius 3 is 2.71 bits per heavy atom. The van der Waals surface area contributed by atoms with Crippen LogP contribution in [0.1, 0.15) is 22.2 Å². The largest absolute Gasteiger partial charge is 0.467 e. The highest BCUT2D eigenvalue weighted by Crippen LogP contribution is 2.16. The second-order valence-corrected chi connectivity index (χ2v) is 5.21. The number of hydrogen-bond acceptors (Lipinski definition) is 5. The van der Waals surface area contributed by atoms with Crippen LogP contribution in [0.15, 0.2) is 48.8 Å². The molecule has 0 saturated heterocycles. The van der Waals surface area contributed by atoms with Crippen LogP contribution in [-0.2, 0) is 13.6 Å². The Kier molecular flexibility index (Phi) is 4.55. The predicted molar refractivity (Wildman–Crippen MR) is 86.4 cm³/mol. The zero-order valence-electron chi connectivity index (χ0n) is 13.5. The third kappa shape index (κ3) is 3.43. The minimum atomic E-state index is -0.366. The van der Waals surface area contributed by atoms with Gasteiger partial charge in [-0.3, -0.25) is 9.48 Å². The van der Waals surface area contributed by atoms with E-state index in [9.17, 15) is 4.79 Å². The van der Waals surface area contributed by atoms with Crippen molar-refractivity contribution in [2.45, 2.75) is 12.6 Å². The smallest absolute Gasteiger partial charge is 0.314 e. The predicted octanol–water partition coefficient (Wildman–Crippen LogP) is 1.19. The molecule has 0 saturated carbocycles. The number of carbonyl (C=O) groups excluding carboxylic acids is 1. The summed E-state index contributed by atoms with van der Waals surface area (Å²) in [5, 5.41) is 11.2. The Bertz CT molecular complexity index is 797. The first-order valence-corrected chi connectivity index (χ1v) is 7.45. The lowest BCUT2D eigenvalue weighted by molar-refractivity contribution is 0.0921. The molecule has 1 N–H and O–H groups in total. The topological polar surface area (TPSA) is 86.9 Å². The molecule has 0 bridgehead atoms. The van der Waals surface area contributed by atoms with Crippen LogP contribution in [-0.4, -0.2) is 37.6 Å². The Hall–Kier alpha value is -3.16. The van der Waals surface area contributed by atoms with Crippen LogP contribution in [0.5, 0.6) is 6.01 Å². The van der Waals surface area contributed by atoms with Gasteiger partial charge in [0.2, 0.25) is 5.82 Å². The monoisotopic (exact) mass is 326 g/mol. The van der Waals surface area contributed by atoms with E-state index in [4.69, 9.17) is 4.74 Å². The average molecular weight is 326 g/mol. The summed E-state index contributed by atoms with van der Waals surface area (Å²) in [4.78, 5) is 16.6. The summed E-state index contributed by atoms with van der Waals surface area (Å²) in [5.74, 6) is -0.300. The fraction of sp³-hybridized carbons (Fsp3) is 0.250. The van der Waals surface area contributed by atoms with Crippen molar-refractivity contribution in [2.24, 2.45) is 7.05 Å². The number of nitrogens with one attached hydrogen (secondary N) is 1. The van der Waals surface area contributed by atoms with Crippen LogP contribution in [0.2, 0.25) is 0 Å². The van der Waals surface area contributed by atoms with Crippen molar-refractivity contribution in [1.29, 1.82) is 0 Å². The van der Waals surface area contributed by atoms with E-state index in [0.717, 1.165) is 5.56 Å². The SMILES string of the molecule is COc1nc(C(=O)NC(Cn2cccn2)c2ccccc2)nn1C. The van der Waals surface area contributed by atoms with Crippen molar-refractivity contribution in [3.05, 3.63) is 60.2 Å². The van der Waals surface area contributed by atoms with Crippen molar-refractivity contribution >= 4 is 5.91 Å². The minimum Gasteiger partial charge on any atom is -0.467 e. The molecule has 8 heteroatoms. The van der Waals surface area contributed by atoms with Crippen LogP contribution in [0.3, 0.4) is 0 Å². The summed E-state index contributed by atoms with van der Waals surface area (Å²) in [6.07, 6.45) is 3.55. The molecule has 1 amide bonds. The number of carbonyl (C=O) groups is 1. The van der Waals surface area contributed by atoms with Crippen molar-refractivity contribution in [1.82, 2.24) is 29.9 Å². The first kappa shape index (κ1) is 15.7. The highest BCUT2D eigenvalue weighted by Gasteiger charge is 2.20. The van der Waals surface area contributed by atoms with Gasteiger partial charge < -0.3 is 10.1 Å². The molecule has 3 aromatic rings. The number of methoxy groups -OCH3 is 1. The first-order chi connectivity index (χ1) is 11.7. The van der Waals surface area contributed by atoms with Gasteiger partial charge in [-0.05, 0) is 11.6 Å². The average Bonchev–Trinajstić information content (AvgIpc) is 3.24. The lowest BCUT2D eigenvalue weighted by atomic mass is 10.1. The zero-order chi connectivity index (χ0) is 16.9. The van der Waals surface area contributed by atoms with Gasteiger partial charge in [0.15, 0.2) is 0 Å². The van der Waals surface area contributed by atoms with Crippen LogP contribution < -0.4 is 10.1 Å². The van der Waals surface area contributed by atoms with Crippen LogP contribution in [0, 0.1) is 0 Å². The van der Waals surface area contributed by atoms with Gasteiger partial charge in [0, 0.05) is 19.4 Å². The lowest BCUT2D eigenvalue weighted by Gasteiger charge is -2.18. The van der Waals surface area contributed by atoms with Gasteiger partial charge in [-0.1, -0.05) is 30.3 Å². The van der Waals surface area contributed by atoms with Gasteiger partial charge in [-0.25, -0.2) is 4.68 Å². The minimum absolute atomic E-state index is 0.0655. The van der Waals surface area contributed by atoms with E-state index in [1.54, 1.807) is 17.9 Å². The van der Waals surface area contributed by atoms with E-state index in [0.29, 0.717) is 6.54 Å². The van der Waals surface area contributed by atoms with Gasteiger partial charge in [-0.2, -0.15) is 10.1 Å². The molecule has 0 aliphatic heterocycles. The molecule has 1 atom stereocenters.